The summed E-state index contributed by atoms with van der Waals surface area (Å²) in [6.07, 6.45) is 0. The van der Waals surface area contributed by atoms with Gasteiger partial charge in [0.15, 0.2) is 0 Å². The molecule has 17 heavy (non-hydrogen) atoms. The van der Waals surface area contributed by atoms with Gasteiger partial charge in [0, 0.05) is 17.6 Å². The summed E-state index contributed by atoms with van der Waals surface area (Å²) in [6.45, 7) is 1.92. The van der Waals surface area contributed by atoms with Crippen molar-refractivity contribution in [2.75, 3.05) is 25.6 Å². The van der Waals surface area contributed by atoms with Crippen molar-refractivity contribution in [3.63, 3.8) is 0 Å². The number of ether oxygens (including phenoxy) is 1. The maximum atomic E-state index is 5.42. The lowest BCUT2D eigenvalue weighted by molar-refractivity contribution is 0.358. The first-order chi connectivity index (χ1) is 8.28. The summed E-state index contributed by atoms with van der Waals surface area (Å²) in [4.78, 5) is 1.72. The lowest BCUT2D eigenvalue weighted by atomic mass is 10.2. The van der Waals surface area contributed by atoms with E-state index in [9.17, 15) is 0 Å². The van der Waals surface area contributed by atoms with E-state index in [2.05, 4.69) is 31.8 Å². The third-order valence-corrected chi connectivity index (χ3v) is 3.36. The molecule has 0 atom stereocenters. The molecule has 2 heterocycles. The first kappa shape index (κ1) is 10.9. The first-order valence-corrected chi connectivity index (χ1v) is 6.27. The van der Waals surface area contributed by atoms with Gasteiger partial charge in [0.2, 0.25) is 5.88 Å². The summed E-state index contributed by atoms with van der Waals surface area (Å²) in [7, 11) is 1.66. The van der Waals surface area contributed by atoms with Crippen molar-refractivity contribution < 1.29 is 4.74 Å². The standard InChI is InChI=1S/C11H13BrN4O/c1-17-11-9-4-7(12)2-3-10(9)15-16(11)14-8-5-13-6-8/h2-4,8,13-14H,5-6H2,1H3. The van der Waals surface area contributed by atoms with E-state index in [1.165, 1.54) is 0 Å². The topological polar surface area (TPSA) is 51.1 Å². The van der Waals surface area contributed by atoms with E-state index in [1.807, 2.05) is 18.2 Å². The molecule has 0 aliphatic carbocycles. The molecule has 0 saturated carbocycles. The highest BCUT2D eigenvalue weighted by molar-refractivity contribution is 9.10. The fraction of sp³-hybridized carbons (Fsp3) is 0.364. The second-order valence-corrected chi connectivity index (χ2v) is 4.98. The van der Waals surface area contributed by atoms with Crippen molar-refractivity contribution in [2.45, 2.75) is 6.04 Å². The van der Waals surface area contributed by atoms with Crippen LogP contribution in [0, 0.1) is 0 Å². The van der Waals surface area contributed by atoms with Crippen LogP contribution < -0.4 is 15.5 Å². The summed E-state index contributed by atoms with van der Waals surface area (Å²) in [5.74, 6) is 0.744. The van der Waals surface area contributed by atoms with Crippen LogP contribution in [-0.4, -0.2) is 36.1 Å². The molecule has 2 N–H and O–H groups in total. The summed E-state index contributed by atoms with van der Waals surface area (Å²) in [5.41, 5.74) is 4.23. The van der Waals surface area contributed by atoms with E-state index in [0.717, 1.165) is 34.3 Å². The Morgan fingerprint density at radius 2 is 2.35 bits per heavy atom. The summed E-state index contributed by atoms with van der Waals surface area (Å²) in [6, 6.07) is 6.38. The molecule has 1 aromatic carbocycles. The van der Waals surface area contributed by atoms with Gasteiger partial charge in [-0.25, -0.2) is 0 Å². The summed E-state index contributed by atoms with van der Waals surface area (Å²) < 4.78 is 6.44. The van der Waals surface area contributed by atoms with Crippen molar-refractivity contribution in [3.05, 3.63) is 22.7 Å². The molecule has 0 spiro atoms. The van der Waals surface area contributed by atoms with Gasteiger partial charge in [-0.05, 0) is 18.2 Å². The third kappa shape index (κ3) is 1.87. The van der Waals surface area contributed by atoms with Gasteiger partial charge in [0.25, 0.3) is 0 Å². The van der Waals surface area contributed by atoms with Gasteiger partial charge in [-0.2, -0.15) is 0 Å². The number of aromatic nitrogens is 2. The van der Waals surface area contributed by atoms with Crippen LogP contribution in [0.2, 0.25) is 0 Å². The van der Waals surface area contributed by atoms with E-state index in [0.29, 0.717) is 6.04 Å². The Kier molecular flexibility index (Phi) is 2.68. The van der Waals surface area contributed by atoms with Crippen molar-refractivity contribution in [1.82, 2.24) is 15.2 Å². The van der Waals surface area contributed by atoms with Crippen LogP contribution in [0.5, 0.6) is 5.88 Å². The maximum absolute atomic E-state index is 5.42. The molecule has 0 amide bonds. The number of hydrogen-bond acceptors (Lipinski definition) is 4. The predicted octanol–water partition coefficient (Wildman–Crippen LogP) is 1.32. The number of fused-ring (bicyclic) bond motifs is 1. The van der Waals surface area contributed by atoms with E-state index >= 15 is 0 Å². The molecular weight excluding hydrogens is 284 g/mol. The molecular formula is C11H13BrN4O. The fourth-order valence-corrected chi connectivity index (χ4v) is 2.23. The van der Waals surface area contributed by atoms with E-state index in [4.69, 9.17) is 4.74 Å². The smallest absolute Gasteiger partial charge is 0.239 e. The van der Waals surface area contributed by atoms with Crippen LogP contribution in [0.25, 0.3) is 10.9 Å². The molecule has 1 aromatic heterocycles. The summed E-state index contributed by atoms with van der Waals surface area (Å²) >= 11 is 3.46. The molecule has 3 rings (SSSR count). The molecule has 2 aromatic rings. The van der Waals surface area contributed by atoms with E-state index < -0.39 is 0 Å². The zero-order valence-electron chi connectivity index (χ0n) is 9.40. The average Bonchev–Trinajstić information content (AvgIpc) is 2.60. The van der Waals surface area contributed by atoms with Crippen LogP contribution in [0.3, 0.4) is 0 Å². The lowest BCUT2D eigenvalue weighted by Crippen LogP contribution is -2.54. The number of rotatable bonds is 3. The zero-order valence-corrected chi connectivity index (χ0v) is 11.0. The van der Waals surface area contributed by atoms with Gasteiger partial charge in [0.1, 0.15) is 0 Å². The number of halogens is 1. The number of benzene rings is 1. The minimum Gasteiger partial charge on any atom is -0.480 e. The van der Waals surface area contributed by atoms with Crippen molar-refractivity contribution in [2.24, 2.45) is 0 Å². The minimum atomic E-state index is 0.418. The highest BCUT2D eigenvalue weighted by atomic mass is 79.9. The van der Waals surface area contributed by atoms with Gasteiger partial charge < -0.3 is 15.5 Å². The number of methoxy groups -OCH3 is 1. The number of hydrogen-bond donors (Lipinski definition) is 2. The van der Waals surface area contributed by atoms with Gasteiger partial charge in [-0.3, -0.25) is 0 Å². The largest absolute Gasteiger partial charge is 0.480 e. The van der Waals surface area contributed by atoms with Crippen molar-refractivity contribution in [3.8, 4) is 5.88 Å². The van der Waals surface area contributed by atoms with E-state index in [-0.39, 0.29) is 0 Å². The van der Waals surface area contributed by atoms with Crippen molar-refractivity contribution >= 4 is 26.8 Å². The molecule has 90 valence electrons. The molecule has 1 aliphatic rings. The lowest BCUT2D eigenvalue weighted by Gasteiger charge is -2.28. The predicted molar refractivity (Wildman–Crippen MR) is 70.0 cm³/mol. The van der Waals surface area contributed by atoms with Crippen molar-refractivity contribution in [1.29, 1.82) is 0 Å². The average molecular weight is 297 g/mol. The quantitative estimate of drug-likeness (QED) is 0.897. The van der Waals surface area contributed by atoms with Crippen LogP contribution in [0.4, 0.5) is 0 Å². The number of nitrogens with one attached hydrogen (secondary N) is 2. The molecule has 0 unspecified atom stereocenters. The molecule has 1 aliphatic heterocycles. The fourth-order valence-electron chi connectivity index (χ4n) is 1.87. The van der Waals surface area contributed by atoms with Gasteiger partial charge >= 0.3 is 0 Å². The number of nitrogens with zero attached hydrogens (tertiary/aromatic N) is 2. The molecule has 0 bridgehead atoms. The second-order valence-electron chi connectivity index (χ2n) is 4.07. The second kappa shape index (κ2) is 4.19. The van der Waals surface area contributed by atoms with Gasteiger partial charge in [-0.15, -0.1) is 9.89 Å². The van der Waals surface area contributed by atoms with Gasteiger partial charge in [-0.1, -0.05) is 15.9 Å². The normalized spacial score (nSPS) is 15.9. The Labute approximate surface area is 107 Å². The SMILES string of the molecule is COc1c2cc(Br)ccc2nn1NC1CNC1. The Balaban J connectivity index is 2.04. The molecule has 1 fully saturated rings. The molecule has 6 heteroatoms. The van der Waals surface area contributed by atoms with Crippen LogP contribution in [0.1, 0.15) is 0 Å². The Hall–Kier alpha value is -1.27. The third-order valence-electron chi connectivity index (χ3n) is 2.87. The first-order valence-electron chi connectivity index (χ1n) is 5.47. The summed E-state index contributed by atoms with van der Waals surface area (Å²) in [5, 5.41) is 8.69. The Morgan fingerprint density at radius 1 is 1.53 bits per heavy atom. The molecule has 1 saturated heterocycles. The molecule has 0 radical (unpaired) electrons. The van der Waals surface area contributed by atoms with Crippen LogP contribution in [0.15, 0.2) is 22.7 Å². The Bertz CT molecular complexity index is 550. The van der Waals surface area contributed by atoms with E-state index in [1.54, 1.807) is 11.9 Å². The highest BCUT2D eigenvalue weighted by Crippen LogP contribution is 2.27. The van der Waals surface area contributed by atoms with Crippen LogP contribution >= 0.6 is 15.9 Å². The maximum Gasteiger partial charge on any atom is 0.239 e. The monoisotopic (exact) mass is 296 g/mol. The highest BCUT2D eigenvalue weighted by Gasteiger charge is 2.19. The van der Waals surface area contributed by atoms with Gasteiger partial charge in [0.05, 0.1) is 24.1 Å². The zero-order chi connectivity index (χ0) is 11.8. The molecule has 5 nitrogen and oxygen atoms in total. The Morgan fingerprint density at radius 3 is 3.00 bits per heavy atom. The van der Waals surface area contributed by atoms with Crippen LogP contribution in [-0.2, 0) is 0 Å². The minimum absolute atomic E-state index is 0.418.